The van der Waals surface area contributed by atoms with Gasteiger partial charge in [-0.05, 0) is 35.4 Å². The molecule has 0 unspecified atom stereocenters. The molecule has 0 aliphatic carbocycles. The first-order valence-electron chi connectivity index (χ1n) is 5.15. The number of hydrogen-bond donors (Lipinski definition) is 1. The Morgan fingerprint density at radius 3 is 2.50 bits per heavy atom. The van der Waals surface area contributed by atoms with Gasteiger partial charge in [-0.3, -0.25) is 0 Å². The Kier molecular flexibility index (Phi) is 3.07. The van der Waals surface area contributed by atoms with Crippen molar-refractivity contribution in [3.05, 3.63) is 59.4 Å². The van der Waals surface area contributed by atoms with Crippen molar-refractivity contribution < 1.29 is 14.3 Å². The van der Waals surface area contributed by atoms with Gasteiger partial charge in [0.15, 0.2) is 0 Å². The van der Waals surface area contributed by atoms with Crippen molar-refractivity contribution in [2.45, 2.75) is 0 Å². The average Bonchev–Trinajstić information content (AvgIpc) is 2.38. The van der Waals surface area contributed by atoms with E-state index in [1.807, 2.05) is 0 Å². The molecule has 18 heavy (non-hydrogen) atoms. The molecule has 1 N–H and O–H groups in total. The van der Waals surface area contributed by atoms with Crippen LogP contribution >= 0.6 is 0 Å². The molecule has 0 aliphatic rings. The van der Waals surface area contributed by atoms with Gasteiger partial charge in [0.25, 0.3) is 0 Å². The summed E-state index contributed by atoms with van der Waals surface area (Å²) >= 11 is 0. The molecule has 0 saturated heterocycles. The fourth-order valence-corrected chi connectivity index (χ4v) is 1.62. The molecule has 0 fully saturated rings. The van der Waals surface area contributed by atoms with Gasteiger partial charge in [0, 0.05) is 0 Å². The molecule has 2 rings (SSSR count). The predicted octanol–water partition coefficient (Wildman–Crippen LogP) is 3.06. The lowest BCUT2D eigenvalue weighted by Crippen LogP contribution is -1.96. The Morgan fingerprint density at radius 2 is 1.89 bits per heavy atom. The molecule has 0 amide bonds. The van der Waals surface area contributed by atoms with Crippen LogP contribution in [0.2, 0.25) is 0 Å². The van der Waals surface area contributed by atoms with E-state index in [1.54, 1.807) is 24.3 Å². The molecule has 0 atom stereocenters. The third kappa shape index (κ3) is 2.20. The summed E-state index contributed by atoms with van der Waals surface area (Å²) in [7, 11) is 0. The quantitative estimate of drug-likeness (QED) is 0.878. The molecule has 0 aromatic heterocycles. The van der Waals surface area contributed by atoms with Crippen LogP contribution in [0.15, 0.2) is 42.5 Å². The Bertz CT molecular complexity index is 659. The molecule has 88 valence electrons. The number of halogens is 1. The van der Waals surface area contributed by atoms with Gasteiger partial charge in [-0.1, -0.05) is 18.2 Å². The van der Waals surface area contributed by atoms with E-state index in [9.17, 15) is 9.18 Å². The summed E-state index contributed by atoms with van der Waals surface area (Å²) in [4.78, 5) is 10.8. The maximum Gasteiger partial charge on any atom is 0.335 e. The molecule has 3 nitrogen and oxygen atoms in total. The van der Waals surface area contributed by atoms with Crippen LogP contribution in [0.25, 0.3) is 11.1 Å². The van der Waals surface area contributed by atoms with Crippen LogP contribution in [0.3, 0.4) is 0 Å². The van der Waals surface area contributed by atoms with E-state index < -0.39 is 11.8 Å². The fraction of sp³-hybridized carbons (Fsp3) is 0. The molecule has 0 bridgehead atoms. The fourth-order valence-electron chi connectivity index (χ4n) is 1.62. The van der Waals surface area contributed by atoms with E-state index >= 15 is 0 Å². The average molecular weight is 241 g/mol. The zero-order valence-corrected chi connectivity index (χ0v) is 9.22. The van der Waals surface area contributed by atoms with Crippen molar-refractivity contribution in [2.24, 2.45) is 0 Å². The summed E-state index contributed by atoms with van der Waals surface area (Å²) < 4.78 is 13.5. The minimum Gasteiger partial charge on any atom is -0.478 e. The lowest BCUT2D eigenvalue weighted by atomic mass is 10.0. The number of nitrogens with zero attached hydrogens (tertiary/aromatic N) is 1. The molecule has 0 spiro atoms. The van der Waals surface area contributed by atoms with Crippen LogP contribution in [0.4, 0.5) is 4.39 Å². The lowest BCUT2D eigenvalue weighted by Gasteiger charge is -2.04. The van der Waals surface area contributed by atoms with E-state index in [-0.39, 0.29) is 11.1 Å². The standard InChI is InChI=1S/C14H8FNO2/c15-13-7-10(4-5-12(13)8-16)9-2-1-3-11(6-9)14(17)18/h1-7H,(H,17,18). The van der Waals surface area contributed by atoms with Crippen LogP contribution < -0.4 is 0 Å². The van der Waals surface area contributed by atoms with Crippen LogP contribution in [0.5, 0.6) is 0 Å². The van der Waals surface area contributed by atoms with Gasteiger partial charge < -0.3 is 5.11 Å². The van der Waals surface area contributed by atoms with Gasteiger partial charge in [-0.25, -0.2) is 9.18 Å². The van der Waals surface area contributed by atoms with Crippen molar-refractivity contribution >= 4 is 5.97 Å². The summed E-state index contributed by atoms with van der Waals surface area (Å²) in [6.45, 7) is 0. The Labute approximate surface area is 103 Å². The summed E-state index contributed by atoms with van der Waals surface area (Å²) in [5, 5.41) is 17.5. The maximum atomic E-state index is 13.5. The zero-order chi connectivity index (χ0) is 13.1. The van der Waals surface area contributed by atoms with E-state index in [0.717, 1.165) is 0 Å². The largest absolute Gasteiger partial charge is 0.478 e. The number of benzene rings is 2. The summed E-state index contributed by atoms with van der Waals surface area (Å²) in [5.74, 6) is -1.65. The van der Waals surface area contributed by atoms with Crippen molar-refractivity contribution in [2.75, 3.05) is 0 Å². The maximum absolute atomic E-state index is 13.5. The SMILES string of the molecule is N#Cc1ccc(-c2cccc(C(=O)O)c2)cc1F. The number of rotatable bonds is 2. The second-order valence-corrected chi connectivity index (χ2v) is 3.69. The molecule has 4 heteroatoms. The third-order valence-electron chi connectivity index (χ3n) is 2.53. The summed E-state index contributed by atoms with van der Waals surface area (Å²) in [6.07, 6.45) is 0. The van der Waals surface area contributed by atoms with E-state index in [1.165, 1.54) is 24.3 Å². The number of aromatic carboxylic acids is 1. The molecule has 0 heterocycles. The van der Waals surface area contributed by atoms with Crippen molar-refractivity contribution in [3.8, 4) is 17.2 Å². The van der Waals surface area contributed by atoms with Gasteiger partial charge in [0.05, 0.1) is 11.1 Å². The second kappa shape index (κ2) is 4.68. The van der Waals surface area contributed by atoms with E-state index in [4.69, 9.17) is 10.4 Å². The highest BCUT2D eigenvalue weighted by molar-refractivity contribution is 5.89. The lowest BCUT2D eigenvalue weighted by molar-refractivity contribution is 0.0697. The van der Waals surface area contributed by atoms with Crippen molar-refractivity contribution in [1.29, 1.82) is 5.26 Å². The Balaban J connectivity index is 2.49. The summed E-state index contributed by atoms with van der Waals surface area (Å²) in [6, 6.07) is 12.1. The molecule has 0 radical (unpaired) electrons. The Morgan fingerprint density at radius 1 is 1.17 bits per heavy atom. The molecule has 2 aromatic carbocycles. The highest BCUT2D eigenvalue weighted by atomic mass is 19.1. The van der Waals surface area contributed by atoms with E-state index in [2.05, 4.69) is 0 Å². The van der Waals surface area contributed by atoms with Crippen molar-refractivity contribution in [1.82, 2.24) is 0 Å². The first kappa shape index (κ1) is 11.8. The minimum absolute atomic E-state index is 0.0341. The van der Waals surface area contributed by atoms with Crippen LogP contribution in [0, 0.1) is 17.1 Å². The van der Waals surface area contributed by atoms with Crippen LogP contribution in [-0.4, -0.2) is 11.1 Å². The number of hydrogen-bond acceptors (Lipinski definition) is 2. The number of carboxylic acid groups (broad SMARTS) is 1. The van der Waals surface area contributed by atoms with Gasteiger partial charge in [-0.15, -0.1) is 0 Å². The second-order valence-electron chi connectivity index (χ2n) is 3.69. The molecule has 0 saturated carbocycles. The number of carbonyl (C=O) groups is 1. The Hall–Kier alpha value is -2.67. The summed E-state index contributed by atoms with van der Waals surface area (Å²) in [5.41, 5.74) is 1.23. The molecule has 2 aromatic rings. The van der Waals surface area contributed by atoms with Gasteiger partial charge in [0.1, 0.15) is 11.9 Å². The molecular formula is C14H8FNO2. The van der Waals surface area contributed by atoms with E-state index in [0.29, 0.717) is 11.1 Å². The minimum atomic E-state index is -1.04. The smallest absolute Gasteiger partial charge is 0.335 e. The predicted molar refractivity (Wildman–Crippen MR) is 63.5 cm³/mol. The third-order valence-corrected chi connectivity index (χ3v) is 2.53. The molecular weight excluding hydrogens is 233 g/mol. The monoisotopic (exact) mass is 241 g/mol. The first-order valence-corrected chi connectivity index (χ1v) is 5.15. The zero-order valence-electron chi connectivity index (χ0n) is 9.22. The van der Waals surface area contributed by atoms with Crippen molar-refractivity contribution in [3.63, 3.8) is 0 Å². The number of carboxylic acids is 1. The van der Waals surface area contributed by atoms with Gasteiger partial charge >= 0.3 is 5.97 Å². The first-order chi connectivity index (χ1) is 8.61. The van der Waals surface area contributed by atoms with Crippen LogP contribution in [-0.2, 0) is 0 Å². The van der Waals surface area contributed by atoms with Gasteiger partial charge in [-0.2, -0.15) is 5.26 Å². The number of nitriles is 1. The molecule has 0 aliphatic heterocycles. The topological polar surface area (TPSA) is 61.1 Å². The normalized spacial score (nSPS) is 9.78. The van der Waals surface area contributed by atoms with Crippen LogP contribution in [0.1, 0.15) is 15.9 Å². The highest BCUT2D eigenvalue weighted by Crippen LogP contribution is 2.22. The highest BCUT2D eigenvalue weighted by Gasteiger charge is 2.07. The van der Waals surface area contributed by atoms with Gasteiger partial charge in [0.2, 0.25) is 0 Å².